The van der Waals surface area contributed by atoms with Gasteiger partial charge in [0, 0.05) is 12.0 Å². The zero-order valence-corrected chi connectivity index (χ0v) is 11.5. The van der Waals surface area contributed by atoms with Crippen molar-refractivity contribution >= 4 is 0 Å². The molecule has 8 atom stereocenters. The fourth-order valence-electron chi connectivity index (χ4n) is 3.83. The number of hydroxylamine groups is 8. The second-order valence-electron chi connectivity index (χ2n) is 5.90. The fraction of sp³-hybridized carbons (Fsp3) is 0.500. The Kier molecular flexibility index (Phi) is 3.39. The highest BCUT2D eigenvalue weighted by Crippen LogP contribution is 2.37. The predicted octanol–water partition coefficient (Wildman–Crippen LogP) is -4.80. The summed E-state index contributed by atoms with van der Waals surface area (Å²) in [6, 6.07) is 5.42. The van der Waals surface area contributed by atoms with E-state index in [9.17, 15) is 20.8 Å². The van der Waals surface area contributed by atoms with Crippen LogP contribution in [-0.4, -0.2) is 18.6 Å². The Morgan fingerprint density at radius 2 is 1.55 bits per heavy atom. The molecule has 0 spiro atoms. The molecule has 0 aromatic heterocycles. The lowest BCUT2D eigenvalue weighted by Gasteiger charge is -2.34. The minimum Gasteiger partial charge on any atom is -0.595 e. The summed E-state index contributed by atoms with van der Waals surface area (Å²) >= 11 is 0. The van der Waals surface area contributed by atoms with Crippen molar-refractivity contribution in [2.45, 2.75) is 30.5 Å². The first-order chi connectivity index (χ1) is 10.6. The number of fused-ring (bicyclic) bond motifs is 3. The second kappa shape index (κ2) is 5.18. The molecule has 22 heavy (non-hydrogen) atoms. The molecule has 120 valence electrons. The third-order valence-corrected chi connectivity index (χ3v) is 4.79. The van der Waals surface area contributed by atoms with Gasteiger partial charge in [-0.25, -0.2) is 0 Å². The van der Waals surface area contributed by atoms with Crippen LogP contribution in [0.1, 0.15) is 29.5 Å². The van der Waals surface area contributed by atoms with Crippen LogP contribution in [0.15, 0.2) is 24.3 Å². The Hall–Kier alpha value is -1.18. The lowest BCUT2D eigenvalue weighted by molar-refractivity contribution is -1.28. The predicted molar refractivity (Wildman–Crippen MR) is 68.5 cm³/mol. The van der Waals surface area contributed by atoms with E-state index in [0.717, 1.165) is 5.56 Å². The van der Waals surface area contributed by atoms with Crippen molar-refractivity contribution in [3.05, 3.63) is 56.2 Å². The maximum Gasteiger partial charge on any atom is 0.203 e. The third-order valence-electron chi connectivity index (χ3n) is 4.79. The van der Waals surface area contributed by atoms with Crippen molar-refractivity contribution in [1.82, 2.24) is 0 Å². The van der Waals surface area contributed by atoms with Gasteiger partial charge in [0.2, 0.25) is 6.04 Å². The van der Waals surface area contributed by atoms with E-state index in [1.54, 1.807) is 12.1 Å². The minimum absolute atomic E-state index is 0.0121. The van der Waals surface area contributed by atoms with E-state index in [1.807, 2.05) is 12.1 Å². The van der Waals surface area contributed by atoms with Gasteiger partial charge in [0.25, 0.3) is 0 Å². The van der Waals surface area contributed by atoms with Crippen LogP contribution in [0.25, 0.3) is 0 Å². The number of nitrogens with one attached hydrogen (secondary N) is 4. The smallest absolute Gasteiger partial charge is 0.203 e. The molecule has 2 fully saturated rings. The molecule has 2 saturated heterocycles. The average Bonchev–Trinajstić information content (AvgIpc) is 2.97. The Balaban J connectivity index is 1.75. The standard InChI is InChI=1S/C12H16N4O6/c17-13-6-11(15(19)21-13)9-5-10-12(16(20)22-14(10)18)8-4-2-1-3-7(8)9/h1-4,9-16H,5-6H2. The lowest BCUT2D eigenvalue weighted by Crippen LogP contribution is -3.18. The minimum atomic E-state index is -0.604. The molecular formula is C12H16N4O6. The van der Waals surface area contributed by atoms with Crippen molar-refractivity contribution < 1.29 is 30.8 Å². The summed E-state index contributed by atoms with van der Waals surface area (Å²) in [5.41, 5.74) is 1.54. The van der Waals surface area contributed by atoms with E-state index in [4.69, 9.17) is 4.94 Å². The summed E-state index contributed by atoms with van der Waals surface area (Å²) in [4.78, 5) is 9.40. The van der Waals surface area contributed by atoms with Crippen LogP contribution in [0, 0.1) is 20.8 Å². The quantitative estimate of drug-likeness (QED) is 0.385. The maximum atomic E-state index is 11.9. The molecule has 8 unspecified atom stereocenters. The Bertz CT molecular complexity index is 576. The Morgan fingerprint density at radius 3 is 2.23 bits per heavy atom. The molecule has 2 aliphatic heterocycles. The second-order valence-corrected chi connectivity index (χ2v) is 5.90. The molecular weight excluding hydrogens is 296 g/mol. The van der Waals surface area contributed by atoms with E-state index >= 15 is 0 Å². The molecule has 0 saturated carbocycles. The first-order valence-corrected chi connectivity index (χ1v) is 7.15. The van der Waals surface area contributed by atoms with E-state index in [2.05, 4.69) is 4.94 Å². The van der Waals surface area contributed by atoms with Gasteiger partial charge in [-0.2, -0.15) is 20.9 Å². The molecule has 10 heteroatoms. The molecule has 0 amide bonds. The monoisotopic (exact) mass is 312 g/mol. The van der Waals surface area contributed by atoms with Crippen LogP contribution in [0.5, 0.6) is 0 Å². The number of hydrogen-bond donors (Lipinski definition) is 4. The summed E-state index contributed by atoms with van der Waals surface area (Å²) in [6.07, 6.45) is 0.319. The van der Waals surface area contributed by atoms with Crippen LogP contribution in [0.2, 0.25) is 0 Å². The van der Waals surface area contributed by atoms with E-state index in [0.29, 0.717) is 12.0 Å². The molecule has 4 rings (SSSR count). The normalized spacial score (nSPS) is 47.3. The van der Waals surface area contributed by atoms with E-state index < -0.39 is 39.0 Å². The summed E-state index contributed by atoms with van der Waals surface area (Å²) in [7, 11) is 0. The molecule has 3 aliphatic rings. The van der Waals surface area contributed by atoms with E-state index in [1.165, 1.54) is 0 Å². The van der Waals surface area contributed by atoms with Gasteiger partial charge in [-0.3, -0.25) is 0 Å². The van der Waals surface area contributed by atoms with Gasteiger partial charge in [-0.1, -0.05) is 24.3 Å². The van der Waals surface area contributed by atoms with Crippen molar-refractivity contribution in [1.29, 1.82) is 0 Å². The molecule has 0 bridgehead atoms. The fourth-order valence-corrected chi connectivity index (χ4v) is 3.83. The Labute approximate surface area is 125 Å². The van der Waals surface area contributed by atoms with Gasteiger partial charge < -0.3 is 20.8 Å². The number of benzene rings is 1. The summed E-state index contributed by atoms with van der Waals surface area (Å²) < 4.78 is 0. The highest BCUT2D eigenvalue weighted by Gasteiger charge is 2.54. The SMILES string of the molecule is [O-][NH+]1CC(C2CC3C(c4ccccc42)[NH+]([O-])O[NH+]3[O-])[NH+]([O-])O1. The largest absolute Gasteiger partial charge is 0.595 e. The average molecular weight is 312 g/mol. The molecule has 2 heterocycles. The van der Waals surface area contributed by atoms with E-state index in [-0.39, 0.29) is 12.5 Å². The van der Waals surface area contributed by atoms with Crippen LogP contribution >= 0.6 is 0 Å². The van der Waals surface area contributed by atoms with Crippen molar-refractivity contribution in [3.63, 3.8) is 0 Å². The van der Waals surface area contributed by atoms with Gasteiger partial charge >= 0.3 is 0 Å². The summed E-state index contributed by atoms with van der Waals surface area (Å²) in [5, 5.41) is 44.9. The molecule has 1 aromatic carbocycles. The number of quaternary nitrogens is 4. The first-order valence-electron chi connectivity index (χ1n) is 7.15. The van der Waals surface area contributed by atoms with Crippen LogP contribution < -0.4 is 20.9 Å². The van der Waals surface area contributed by atoms with Crippen molar-refractivity contribution in [3.8, 4) is 0 Å². The zero-order chi connectivity index (χ0) is 15.4. The number of hydrogen-bond acceptors (Lipinski definition) is 6. The summed E-state index contributed by atoms with van der Waals surface area (Å²) in [5.74, 6) is -0.310. The third kappa shape index (κ3) is 2.06. The molecule has 1 aromatic rings. The molecule has 0 radical (unpaired) electrons. The van der Waals surface area contributed by atoms with Gasteiger partial charge in [0.1, 0.15) is 0 Å². The highest BCUT2D eigenvalue weighted by molar-refractivity contribution is 5.36. The van der Waals surface area contributed by atoms with Crippen LogP contribution in [0.4, 0.5) is 0 Å². The number of rotatable bonds is 1. The maximum absolute atomic E-state index is 11.9. The van der Waals surface area contributed by atoms with Gasteiger partial charge in [0.15, 0.2) is 18.6 Å². The van der Waals surface area contributed by atoms with Gasteiger partial charge in [-0.15, -0.1) is 0 Å². The topological polar surface area (TPSA) is 128 Å². The highest BCUT2D eigenvalue weighted by atomic mass is 17.1. The first kappa shape index (κ1) is 14.4. The van der Waals surface area contributed by atoms with Crippen molar-refractivity contribution in [2.24, 2.45) is 0 Å². The molecule has 10 nitrogen and oxygen atoms in total. The van der Waals surface area contributed by atoms with Gasteiger partial charge in [-0.05, 0) is 15.4 Å². The lowest BCUT2D eigenvalue weighted by atomic mass is 9.74. The molecule has 1 aliphatic carbocycles. The van der Waals surface area contributed by atoms with Crippen LogP contribution in [-0.2, 0) is 9.88 Å². The van der Waals surface area contributed by atoms with Gasteiger partial charge in [0.05, 0.1) is 5.92 Å². The molecule has 4 N–H and O–H groups in total. The van der Waals surface area contributed by atoms with Crippen molar-refractivity contribution in [2.75, 3.05) is 6.54 Å². The Morgan fingerprint density at radius 1 is 0.864 bits per heavy atom. The summed E-state index contributed by atoms with van der Waals surface area (Å²) in [6.45, 7) is 0.0121. The van der Waals surface area contributed by atoms with Crippen LogP contribution in [0.3, 0.4) is 0 Å². The zero-order valence-electron chi connectivity index (χ0n) is 11.5.